The molecule has 3 rings (SSSR count). The number of amides is 1. The van der Waals surface area contributed by atoms with Crippen molar-refractivity contribution in [1.82, 2.24) is 4.90 Å². The summed E-state index contributed by atoms with van der Waals surface area (Å²) in [6, 6.07) is 16.7. The lowest BCUT2D eigenvalue weighted by Crippen LogP contribution is -2.44. The summed E-state index contributed by atoms with van der Waals surface area (Å²) in [5.41, 5.74) is 1.70. The maximum Gasteiger partial charge on any atom is 0.410 e. The van der Waals surface area contributed by atoms with Gasteiger partial charge in [-0.25, -0.2) is 4.79 Å². The van der Waals surface area contributed by atoms with Crippen LogP contribution >= 0.6 is 0 Å². The van der Waals surface area contributed by atoms with E-state index in [2.05, 4.69) is 6.07 Å². The Morgan fingerprint density at radius 3 is 2.47 bits per heavy atom. The fourth-order valence-electron chi connectivity index (χ4n) is 3.86. The van der Waals surface area contributed by atoms with Gasteiger partial charge in [0.2, 0.25) is 0 Å². The molecule has 0 bridgehead atoms. The zero-order valence-electron chi connectivity index (χ0n) is 21.0. The Bertz CT molecular complexity index is 1110. The van der Waals surface area contributed by atoms with E-state index in [9.17, 15) is 14.7 Å². The van der Waals surface area contributed by atoms with E-state index in [4.69, 9.17) is 14.7 Å². The molecule has 2 aromatic rings. The Hall–Kier alpha value is -3.99. The summed E-state index contributed by atoms with van der Waals surface area (Å²) in [7, 11) is 0. The van der Waals surface area contributed by atoms with Crippen LogP contribution in [0.5, 0.6) is 5.75 Å². The van der Waals surface area contributed by atoms with Crippen LogP contribution < -0.4 is 9.64 Å². The van der Waals surface area contributed by atoms with Crippen LogP contribution in [0.4, 0.5) is 10.5 Å². The summed E-state index contributed by atoms with van der Waals surface area (Å²) < 4.78 is 11.5. The Balaban J connectivity index is 1.56. The van der Waals surface area contributed by atoms with Gasteiger partial charge < -0.3 is 24.4 Å². The molecule has 0 radical (unpaired) electrons. The summed E-state index contributed by atoms with van der Waals surface area (Å²) in [5, 5.41) is 18.4. The van der Waals surface area contributed by atoms with E-state index >= 15 is 0 Å². The van der Waals surface area contributed by atoms with Crippen LogP contribution in [0.15, 0.2) is 54.6 Å². The molecule has 1 aliphatic heterocycles. The average Bonchev–Trinajstić information content (AvgIpc) is 2.83. The van der Waals surface area contributed by atoms with Crippen molar-refractivity contribution in [2.24, 2.45) is 0 Å². The van der Waals surface area contributed by atoms with Gasteiger partial charge in [0.05, 0.1) is 11.6 Å². The minimum atomic E-state index is -0.924. The summed E-state index contributed by atoms with van der Waals surface area (Å²) in [5.74, 6) is -0.222. The minimum Gasteiger partial charge on any atom is -0.490 e. The first-order chi connectivity index (χ1) is 17.1. The third-order valence-corrected chi connectivity index (χ3v) is 5.58. The van der Waals surface area contributed by atoms with E-state index in [1.165, 1.54) is 0 Å². The van der Waals surface area contributed by atoms with E-state index in [1.54, 1.807) is 21.9 Å². The SMILES string of the molecule is CC(C)(C)OC(=O)N1CCC(Oc2ccc(N(CC=Cc3cccc(C#N)c3)CC(=O)O)cc2)CC1. The maximum atomic E-state index is 12.2. The van der Waals surface area contributed by atoms with Crippen molar-refractivity contribution >= 4 is 23.8 Å². The molecule has 1 saturated heterocycles. The molecule has 2 aromatic carbocycles. The van der Waals surface area contributed by atoms with Crippen molar-refractivity contribution in [3.8, 4) is 11.8 Å². The third kappa shape index (κ3) is 8.35. The van der Waals surface area contributed by atoms with Crippen LogP contribution in [0.25, 0.3) is 6.08 Å². The first kappa shape index (κ1) is 26.6. The predicted octanol–water partition coefficient (Wildman–Crippen LogP) is 4.94. The molecule has 1 fully saturated rings. The number of ether oxygens (including phenoxy) is 2. The van der Waals surface area contributed by atoms with Gasteiger partial charge in [0.15, 0.2) is 0 Å². The number of nitrogens with zero attached hydrogens (tertiary/aromatic N) is 3. The Morgan fingerprint density at radius 2 is 1.86 bits per heavy atom. The molecule has 0 spiro atoms. The van der Waals surface area contributed by atoms with E-state index in [-0.39, 0.29) is 18.7 Å². The highest BCUT2D eigenvalue weighted by atomic mass is 16.6. The van der Waals surface area contributed by atoms with Crippen molar-refractivity contribution in [2.75, 3.05) is 31.1 Å². The van der Waals surface area contributed by atoms with E-state index in [0.717, 1.165) is 11.3 Å². The molecule has 8 nitrogen and oxygen atoms in total. The maximum absolute atomic E-state index is 12.2. The van der Waals surface area contributed by atoms with Gasteiger partial charge in [0.25, 0.3) is 0 Å². The van der Waals surface area contributed by atoms with Crippen LogP contribution in [0.3, 0.4) is 0 Å². The van der Waals surface area contributed by atoms with E-state index in [1.807, 2.05) is 69.3 Å². The first-order valence-corrected chi connectivity index (χ1v) is 12.0. The molecular formula is C28H33N3O5. The standard InChI is InChI=1S/C28H33N3O5/c1-28(2,3)36-27(34)30-16-13-25(14-17-30)35-24-11-9-23(10-12-24)31(20-26(32)33)15-5-8-21-6-4-7-22(18-21)19-29/h4-12,18,25H,13-17,20H2,1-3H3,(H,32,33). The summed E-state index contributed by atoms with van der Waals surface area (Å²) in [4.78, 5) is 27.1. The van der Waals surface area contributed by atoms with Crippen molar-refractivity contribution in [2.45, 2.75) is 45.3 Å². The fraction of sp³-hybridized carbons (Fsp3) is 0.393. The van der Waals surface area contributed by atoms with Gasteiger partial charge in [0, 0.05) is 38.2 Å². The minimum absolute atomic E-state index is 0.00299. The van der Waals surface area contributed by atoms with Crippen molar-refractivity contribution in [3.05, 3.63) is 65.7 Å². The number of hydrogen-bond donors (Lipinski definition) is 1. The van der Waals surface area contributed by atoms with Gasteiger partial charge in [-0.15, -0.1) is 0 Å². The van der Waals surface area contributed by atoms with Crippen LogP contribution in [-0.2, 0) is 9.53 Å². The van der Waals surface area contributed by atoms with E-state index < -0.39 is 11.6 Å². The molecule has 0 aromatic heterocycles. The second-order valence-electron chi connectivity index (χ2n) is 9.69. The quantitative estimate of drug-likeness (QED) is 0.558. The lowest BCUT2D eigenvalue weighted by molar-refractivity contribution is -0.135. The first-order valence-electron chi connectivity index (χ1n) is 12.0. The number of aliphatic carboxylic acids is 1. The second-order valence-corrected chi connectivity index (χ2v) is 9.69. The van der Waals surface area contributed by atoms with Crippen LogP contribution in [0, 0.1) is 11.3 Å². The van der Waals surface area contributed by atoms with Crippen molar-refractivity contribution in [1.29, 1.82) is 5.26 Å². The summed E-state index contributed by atoms with van der Waals surface area (Å²) >= 11 is 0. The van der Waals surface area contributed by atoms with Crippen molar-refractivity contribution < 1.29 is 24.2 Å². The number of rotatable bonds is 8. The summed E-state index contributed by atoms with van der Waals surface area (Å²) in [6.07, 6.45) is 4.87. The Kier molecular flexibility index (Phi) is 8.96. The fourth-order valence-corrected chi connectivity index (χ4v) is 3.86. The molecule has 1 heterocycles. The highest BCUT2D eigenvalue weighted by Gasteiger charge is 2.27. The van der Waals surface area contributed by atoms with E-state index in [0.29, 0.717) is 43.8 Å². The number of carbonyl (C=O) groups is 2. The zero-order valence-corrected chi connectivity index (χ0v) is 21.0. The zero-order chi connectivity index (χ0) is 26.1. The molecule has 1 aliphatic rings. The second kappa shape index (κ2) is 12.1. The number of carboxylic acid groups (broad SMARTS) is 1. The van der Waals surface area contributed by atoms with Gasteiger partial charge >= 0.3 is 12.1 Å². The molecule has 0 atom stereocenters. The van der Waals surface area contributed by atoms with Crippen LogP contribution in [-0.4, -0.2) is 60.0 Å². The lowest BCUT2D eigenvalue weighted by atomic mass is 10.1. The molecular weight excluding hydrogens is 458 g/mol. The highest BCUT2D eigenvalue weighted by molar-refractivity contribution is 5.74. The molecule has 36 heavy (non-hydrogen) atoms. The van der Waals surface area contributed by atoms with Gasteiger partial charge in [-0.05, 0) is 62.7 Å². The number of piperidine rings is 1. The monoisotopic (exact) mass is 491 g/mol. The molecule has 190 valence electrons. The van der Waals surface area contributed by atoms with Gasteiger partial charge in [-0.1, -0.05) is 24.3 Å². The number of hydrogen-bond acceptors (Lipinski definition) is 6. The van der Waals surface area contributed by atoms with Gasteiger partial charge in [-0.2, -0.15) is 5.26 Å². The number of carboxylic acids is 1. The number of carbonyl (C=O) groups excluding carboxylic acids is 1. The number of nitriles is 1. The normalized spacial score (nSPS) is 14.3. The van der Waals surface area contributed by atoms with Crippen LogP contribution in [0.1, 0.15) is 44.7 Å². The van der Waals surface area contributed by atoms with Gasteiger partial charge in [0.1, 0.15) is 24.0 Å². The highest BCUT2D eigenvalue weighted by Crippen LogP contribution is 2.24. The average molecular weight is 492 g/mol. The van der Waals surface area contributed by atoms with Crippen molar-refractivity contribution in [3.63, 3.8) is 0 Å². The predicted molar refractivity (Wildman–Crippen MR) is 138 cm³/mol. The molecule has 1 amide bonds. The van der Waals surface area contributed by atoms with Crippen LogP contribution in [0.2, 0.25) is 0 Å². The van der Waals surface area contributed by atoms with Gasteiger partial charge in [-0.3, -0.25) is 4.79 Å². The smallest absolute Gasteiger partial charge is 0.410 e. The summed E-state index contributed by atoms with van der Waals surface area (Å²) in [6.45, 7) is 6.96. The lowest BCUT2D eigenvalue weighted by Gasteiger charge is -2.33. The molecule has 0 aliphatic carbocycles. The Labute approximate surface area is 212 Å². The Morgan fingerprint density at radius 1 is 1.17 bits per heavy atom. The largest absolute Gasteiger partial charge is 0.490 e. The number of benzene rings is 2. The topological polar surface area (TPSA) is 103 Å². The number of anilines is 1. The molecule has 0 saturated carbocycles. The molecule has 1 N–H and O–H groups in total. The third-order valence-electron chi connectivity index (χ3n) is 5.58. The molecule has 8 heteroatoms. The number of likely N-dealkylation sites (tertiary alicyclic amines) is 1. The molecule has 0 unspecified atom stereocenters.